The zero-order valence-electron chi connectivity index (χ0n) is 8.34. The molecule has 1 atom stereocenters. The minimum absolute atomic E-state index is 0.209. The summed E-state index contributed by atoms with van der Waals surface area (Å²) < 4.78 is 0. The second-order valence-corrected chi connectivity index (χ2v) is 3.86. The van der Waals surface area contributed by atoms with Crippen molar-refractivity contribution in [2.75, 3.05) is 19.6 Å². The van der Waals surface area contributed by atoms with Crippen molar-refractivity contribution in [2.24, 2.45) is 0 Å². The van der Waals surface area contributed by atoms with Gasteiger partial charge in [-0.3, -0.25) is 0 Å². The molecule has 1 unspecified atom stereocenters. The standard InChI is InChI=1S/C9H18N2O2/c1-3-4-9(2)7-10-5-6-11(9)8(12)13/h10H,3-7H2,1-2H3,(H,12,13). The smallest absolute Gasteiger partial charge is 0.407 e. The van der Waals surface area contributed by atoms with Crippen LogP contribution in [0.1, 0.15) is 26.7 Å². The van der Waals surface area contributed by atoms with Gasteiger partial charge in [-0.1, -0.05) is 13.3 Å². The molecule has 0 radical (unpaired) electrons. The van der Waals surface area contributed by atoms with Gasteiger partial charge >= 0.3 is 6.09 Å². The van der Waals surface area contributed by atoms with Crippen LogP contribution < -0.4 is 5.32 Å². The summed E-state index contributed by atoms with van der Waals surface area (Å²) in [6.45, 7) is 6.24. The lowest BCUT2D eigenvalue weighted by atomic mass is 9.92. The Kier molecular flexibility index (Phi) is 3.14. The molecule has 0 aromatic carbocycles. The SMILES string of the molecule is CCCC1(C)CNCCN1C(=O)O. The van der Waals surface area contributed by atoms with E-state index in [4.69, 9.17) is 5.11 Å². The average molecular weight is 186 g/mol. The highest BCUT2D eigenvalue weighted by atomic mass is 16.4. The van der Waals surface area contributed by atoms with Gasteiger partial charge in [0.25, 0.3) is 0 Å². The number of carbonyl (C=O) groups is 1. The lowest BCUT2D eigenvalue weighted by Crippen LogP contribution is -2.61. The minimum Gasteiger partial charge on any atom is -0.465 e. The molecular formula is C9H18N2O2. The van der Waals surface area contributed by atoms with E-state index in [9.17, 15) is 4.79 Å². The second kappa shape index (κ2) is 3.96. The third-order valence-electron chi connectivity index (χ3n) is 2.69. The normalized spacial score (nSPS) is 28.9. The van der Waals surface area contributed by atoms with E-state index >= 15 is 0 Å². The number of nitrogens with one attached hydrogen (secondary N) is 1. The van der Waals surface area contributed by atoms with Gasteiger partial charge in [0.1, 0.15) is 0 Å². The van der Waals surface area contributed by atoms with Crippen LogP contribution in [0.15, 0.2) is 0 Å². The molecule has 1 heterocycles. The first kappa shape index (κ1) is 10.3. The van der Waals surface area contributed by atoms with Gasteiger partial charge in [-0.25, -0.2) is 4.79 Å². The number of nitrogens with zero attached hydrogens (tertiary/aromatic N) is 1. The van der Waals surface area contributed by atoms with Crippen molar-refractivity contribution in [3.05, 3.63) is 0 Å². The van der Waals surface area contributed by atoms with Gasteiger partial charge in [0.05, 0.1) is 5.54 Å². The number of amides is 1. The van der Waals surface area contributed by atoms with Gasteiger partial charge in [-0.2, -0.15) is 0 Å². The van der Waals surface area contributed by atoms with E-state index in [-0.39, 0.29) is 5.54 Å². The highest BCUT2D eigenvalue weighted by molar-refractivity contribution is 5.66. The quantitative estimate of drug-likeness (QED) is 0.679. The first-order valence-electron chi connectivity index (χ1n) is 4.81. The van der Waals surface area contributed by atoms with Gasteiger partial charge in [0.2, 0.25) is 0 Å². The molecule has 2 N–H and O–H groups in total. The lowest BCUT2D eigenvalue weighted by Gasteiger charge is -2.43. The zero-order valence-corrected chi connectivity index (χ0v) is 8.34. The van der Waals surface area contributed by atoms with Crippen molar-refractivity contribution < 1.29 is 9.90 Å². The Labute approximate surface area is 78.9 Å². The van der Waals surface area contributed by atoms with Crippen LogP contribution in [-0.2, 0) is 0 Å². The van der Waals surface area contributed by atoms with E-state index in [2.05, 4.69) is 12.2 Å². The van der Waals surface area contributed by atoms with Crippen LogP contribution in [0.2, 0.25) is 0 Å². The summed E-state index contributed by atoms with van der Waals surface area (Å²) in [6, 6.07) is 0. The molecule has 1 fully saturated rings. The number of hydrogen-bond acceptors (Lipinski definition) is 2. The molecule has 4 nitrogen and oxygen atoms in total. The van der Waals surface area contributed by atoms with Crippen LogP contribution in [0.3, 0.4) is 0 Å². The Bertz CT molecular complexity index is 192. The Balaban J connectivity index is 2.70. The summed E-state index contributed by atoms with van der Waals surface area (Å²) in [7, 11) is 0. The molecule has 0 aromatic rings. The van der Waals surface area contributed by atoms with E-state index in [0.717, 1.165) is 25.9 Å². The molecule has 0 aliphatic carbocycles. The zero-order chi connectivity index (χ0) is 9.90. The largest absolute Gasteiger partial charge is 0.465 e. The predicted octanol–water partition coefficient (Wildman–Crippen LogP) is 1.13. The van der Waals surface area contributed by atoms with Gasteiger partial charge in [-0.15, -0.1) is 0 Å². The topological polar surface area (TPSA) is 52.6 Å². The lowest BCUT2D eigenvalue weighted by molar-refractivity contribution is 0.0613. The second-order valence-electron chi connectivity index (χ2n) is 3.86. The first-order valence-corrected chi connectivity index (χ1v) is 4.81. The summed E-state index contributed by atoms with van der Waals surface area (Å²) in [5, 5.41) is 12.2. The van der Waals surface area contributed by atoms with Gasteiger partial charge in [-0.05, 0) is 13.3 Å². The fourth-order valence-corrected chi connectivity index (χ4v) is 2.00. The van der Waals surface area contributed by atoms with E-state index in [1.165, 1.54) is 0 Å². The molecule has 1 aliphatic rings. The molecule has 1 rings (SSSR count). The van der Waals surface area contributed by atoms with Gasteiger partial charge in [0.15, 0.2) is 0 Å². The first-order chi connectivity index (χ1) is 6.10. The minimum atomic E-state index is -0.794. The van der Waals surface area contributed by atoms with Crippen LogP contribution in [-0.4, -0.2) is 41.3 Å². The molecule has 0 saturated carbocycles. The number of hydrogen-bond donors (Lipinski definition) is 2. The maximum Gasteiger partial charge on any atom is 0.407 e. The van der Waals surface area contributed by atoms with Crippen LogP contribution >= 0.6 is 0 Å². The molecule has 1 saturated heterocycles. The molecule has 1 aliphatic heterocycles. The Hall–Kier alpha value is -0.770. The summed E-state index contributed by atoms with van der Waals surface area (Å²) in [6.07, 6.45) is 1.14. The number of piperazine rings is 1. The Morgan fingerprint density at radius 1 is 1.69 bits per heavy atom. The molecule has 1 amide bonds. The number of carboxylic acid groups (broad SMARTS) is 1. The summed E-state index contributed by atoms with van der Waals surface area (Å²) >= 11 is 0. The van der Waals surface area contributed by atoms with Crippen LogP contribution in [0, 0.1) is 0 Å². The Morgan fingerprint density at radius 2 is 2.38 bits per heavy atom. The van der Waals surface area contributed by atoms with E-state index in [1.807, 2.05) is 6.92 Å². The van der Waals surface area contributed by atoms with Crippen LogP contribution in [0.5, 0.6) is 0 Å². The highest BCUT2D eigenvalue weighted by Gasteiger charge is 2.36. The molecule has 4 heteroatoms. The number of rotatable bonds is 2. The fraction of sp³-hybridized carbons (Fsp3) is 0.889. The Morgan fingerprint density at radius 3 is 2.92 bits per heavy atom. The molecule has 0 spiro atoms. The van der Waals surface area contributed by atoms with Crippen molar-refractivity contribution in [3.63, 3.8) is 0 Å². The summed E-state index contributed by atoms with van der Waals surface area (Å²) in [4.78, 5) is 12.5. The monoisotopic (exact) mass is 186 g/mol. The predicted molar refractivity (Wildman–Crippen MR) is 50.9 cm³/mol. The van der Waals surface area contributed by atoms with Crippen molar-refractivity contribution >= 4 is 6.09 Å². The molecule has 13 heavy (non-hydrogen) atoms. The van der Waals surface area contributed by atoms with Crippen molar-refractivity contribution in [3.8, 4) is 0 Å². The van der Waals surface area contributed by atoms with E-state index < -0.39 is 6.09 Å². The van der Waals surface area contributed by atoms with Crippen molar-refractivity contribution in [1.82, 2.24) is 10.2 Å². The van der Waals surface area contributed by atoms with E-state index in [0.29, 0.717) is 6.54 Å². The van der Waals surface area contributed by atoms with Crippen molar-refractivity contribution in [1.29, 1.82) is 0 Å². The van der Waals surface area contributed by atoms with Crippen LogP contribution in [0.25, 0.3) is 0 Å². The third kappa shape index (κ3) is 2.12. The van der Waals surface area contributed by atoms with Gasteiger partial charge in [0, 0.05) is 19.6 Å². The van der Waals surface area contributed by atoms with E-state index in [1.54, 1.807) is 4.90 Å². The average Bonchev–Trinajstić information content (AvgIpc) is 2.04. The summed E-state index contributed by atoms with van der Waals surface area (Å²) in [5.41, 5.74) is -0.209. The van der Waals surface area contributed by atoms with Crippen LogP contribution in [0.4, 0.5) is 4.79 Å². The molecule has 0 bridgehead atoms. The maximum absolute atomic E-state index is 10.9. The fourth-order valence-electron chi connectivity index (χ4n) is 2.00. The highest BCUT2D eigenvalue weighted by Crippen LogP contribution is 2.22. The van der Waals surface area contributed by atoms with Gasteiger partial charge < -0.3 is 15.3 Å². The molecule has 76 valence electrons. The van der Waals surface area contributed by atoms with Crippen molar-refractivity contribution in [2.45, 2.75) is 32.2 Å². The molecular weight excluding hydrogens is 168 g/mol. The summed E-state index contributed by atoms with van der Waals surface area (Å²) in [5.74, 6) is 0. The third-order valence-corrected chi connectivity index (χ3v) is 2.69. The maximum atomic E-state index is 10.9. The molecule has 0 aromatic heterocycles.